The molecular weight excluding hydrogens is 390 g/mol. The summed E-state index contributed by atoms with van der Waals surface area (Å²) in [5.41, 5.74) is 2.20. The molecule has 8 nitrogen and oxygen atoms in total. The molecule has 0 radical (unpaired) electrons. The van der Waals surface area contributed by atoms with Crippen LogP contribution in [0.15, 0.2) is 45.4 Å². The van der Waals surface area contributed by atoms with E-state index in [1.807, 2.05) is 12.1 Å². The van der Waals surface area contributed by atoms with Crippen molar-refractivity contribution in [2.75, 3.05) is 39.8 Å². The van der Waals surface area contributed by atoms with Crippen LogP contribution in [0.4, 0.5) is 0 Å². The molecule has 2 heterocycles. The first-order valence-electron chi connectivity index (χ1n) is 9.51. The third-order valence-corrected chi connectivity index (χ3v) is 5.65. The van der Waals surface area contributed by atoms with Gasteiger partial charge in [-0.1, -0.05) is 31.2 Å². The molecule has 9 heteroatoms. The van der Waals surface area contributed by atoms with E-state index in [1.165, 1.54) is 12.7 Å². The molecule has 1 aromatic carbocycles. The van der Waals surface area contributed by atoms with Gasteiger partial charge in [0.25, 0.3) is 5.91 Å². The number of benzene rings is 1. The Balaban J connectivity index is 1.51. The topological polar surface area (TPSA) is 86.6 Å². The van der Waals surface area contributed by atoms with Crippen molar-refractivity contribution in [3.05, 3.63) is 46.4 Å². The zero-order valence-electron chi connectivity index (χ0n) is 16.6. The van der Waals surface area contributed by atoms with Crippen LogP contribution in [0, 0.1) is 0 Å². The first kappa shape index (κ1) is 21.2. The van der Waals surface area contributed by atoms with Crippen LogP contribution in [0.5, 0.6) is 0 Å². The summed E-state index contributed by atoms with van der Waals surface area (Å²) in [4.78, 5) is 28.2. The third kappa shape index (κ3) is 6.25. The van der Waals surface area contributed by atoms with Gasteiger partial charge in [0, 0.05) is 38.8 Å². The third-order valence-electron chi connectivity index (χ3n) is 4.75. The average molecular weight is 416 g/mol. The largest absolute Gasteiger partial charge is 0.466 e. The van der Waals surface area contributed by atoms with Gasteiger partial charge >= 0.3 is 5.97 Å². The molecule has 2 aliphatic rings. The van der Waals surface area contributed by atoms with Crippen molar-refractivity contribution < 1.29 is 14.3 Å². The normalized spacial score (nSPS) is 21.2. The SMILES string of the molecule is CCN1CCN(Cc2ccc(C=N/N=C3/NC(=O)/C(=C\C(=O)OC)S3)cc2)CC1. The van der Waals surface area contributed by atoms with Crippen molar-refractivity contribution in [3.63, 3.8) is 0 Å². The number of carbonyl (C=O) groups excluding carboxylic acids is 2. The van der Waals surface area contributed by atoms with Crippen molar-refractivity contribution in [1.82, 2.24) is 15.1 Å². The fraction of sp³-hybridized carbons (Fsp3) is 0.400. The summed E-state index contributed by atoms with van der Waals surface area (Å²) in [5.74, 6) is -0.974. The number of nitrogens with one attached hydrogen (secondary N) is 1. The number of likely N-dealkylation sites (N-methyl/N-ethyl adjacent to an activating group) is 1. The van der Waals surface area contributed by atoms with E-state index in [-0.39, 0.29) is 4.91 Å². The lowest BCUT2D eigenvalue weighted by Crippen LogP contribution is -2.45. The number of ether oxygens (including phenoxy) is 1. The Morgan fingerprint density at radius 3 is 2.55 bits per heavy atom. The molecule has 1 aromatic rings. The lowest BCUT2D eigenvalue weighted by atomic mass is 10.1. The smallest absolute Gasteiger partial charge is 0.331 e. The minimum Gasteiger partial charge on any atom is -0.466 e. The Morgan fingerprint density at radius 2 is 1.90 bits per heavy atom. The van der Waals surface area contributed by atoms with Crippen LogP contribution in [-0.2, 0) is 20.9 Å². The van der Waals surface area contributed by atoms with Gasteiger partial charge in [0.2, 0.25) is 0 Å². The molecule has 2 saturated heterocycles. The van der Waals surface area contributed by atoms with E-state index in [1.54, 1.807) is 6.21 Å². The molecule has 0 aliphatic carbocycles. The molecule has 1 amide bonds. The van der Waals surface area contributed by atoms with Crippen LogP contribution < -0.4 is 5.32 Å². The van der Waals surface area contributed by atoms with E-state index in [2.05, 4.69) is 49.1 Å². The molecule has 2 fully saturated rings. The number of amidine groups is 1. The van der Waals surface area contributed by atoms with Gasteiger partial charge in [-0.2, -0.15) is 5.10 Å². The van der Waals surface area contributed by atoms with Gasteiger partial charge in [0.15, 0.2) is 5.17 Å². The minimum absolute atomic E-state index is 0.231. The number of rotatable bonds is 6. The van der Waals surface area contributed by atoms with E-state index < -0.39 is 11.9 Å². The summed E-state index contributed by atoms with van der Waals surface area (Å²) >= 11 is 1.05. The highest BCUT2D eigenvalue weighted by atomic mass is 32.2. The summed E-state index contributed by atoms with van der Waals surface area (Å²) in [6.45, 7) is 8.75. The lowest BCUT2D eigenvalue weighted by Gasteiger charge is -2.34. The number of methoxy groups -OCH3 is 1. The highest BCUT2D eigenvalue weighted by molar-refractivity contribution is 8.18. The number of piperazine rings is 1. The zero-order valence-corrected chi connectivity index (χ0v) is 17.4. The Kier molecular flexibility index (Phi) is 7.56. The maximum absolute atomic E-state index is 11.8. The van der Waals surface area contributed by atoms with Gasteiger partial charge in [0.05, 0.1) is 18.2 Å². The maximum atomic E-state index is 11.8. The van der Waals surface area contributed by atoms with Crippen molar-refractivity contribution >= 4 is 35.0 Å². The maximum Gasteiger partial charge on any atom is 0.331 e. The van der Waals surface area contributed by atoms with E-state index in [4.69, 9.17) is 0 Å². The van der Waals surface area contributed by atoms with Crippen molar-refractivity contribution in [1.29, 1.82) is 0 Å². The molecule has 29 heavy (non-hydrogen) atoms. The first-order valence-corrected chi connectivity index (χ1v) is 10.3. The number of carbonyl (C=O) groups is 2. The quantitative estimate of drug-likeness (QED) is 0.327. The summed E-state index contributed by atoms with van der Waals surface area (Å²) < 4.78 is 4.52. The second kappa shape index (κ2) is 10.3. The van der Waals surface area contributed by atoms with Gasteiger partial charge in [-0.05, 0) is 29.4 Å². The highest BCUT2D eigenvalue weighted by Crippen LogP contribution is 2.23. The van der Waals surface area contributed by atoms with Crippen LogP contribution >= 0.6 is 11.8 Å². The molecule has 0 aromatic heterocycles. The zero-order chi connectivity index (χ0) is 20.6. The van der Waals surface area contributed by atoms with E-state index in [0.29, 0.717) is 5.17 Å². The van der Waals surface area contributed by atoms with Gasteiger partial charge < -0.3 is 9.64 Å². The highest BCUT2D eigenvalue weighted by Gasteiger charge is 2.25. The molecule has 2 aliphatic heterocycles. The predicted molar refractivity (Wildman–Crippen MR) is 115 cm³/mol. The van der Waals surface area contributed by atoms with E-state index in [0.717, 1.165) is 62.7 Å². The van der Waals surface area contributed by atoms with Gasteiger partial charge in [-0.15, -0.1) is 5.10 Å². The number of esters is 1. The monoisotopic (exact) mass is 415 g/mol. The molecule has 0 saturated carbocycles. The summed E-state index contributed by atoms with van der Waals surface area (Å²) in [7, 11) is 1.26. The molecule has 0 spiro atoms. The Labute approximate surface area is 174 Å². The predicted octanol–water partition coefficient (Wildman–Crippen LogP) is 1.43. The molecule has 3 rings (SSSR count). The molecule has 0 atom stereocenters. The van der Waals surface area contributed by atoms with Gasteiger partial charge in [0.1, 0.15) is 0 Å². The fourth-order valence-electron chi connectivity index (χ4n) is 3.02. The van der Waals surface area contributed by atoms with Crippen LogP contribution in [0.2, 0.25) is 0 Å². The van der Waals surface area contributed by atoms with E-state index in [9.17, 15) is 9.59 Å². The lowest BCUT2D eigenvalue weighted by molar-refractivity contribution is -0.135. The molecular formula is C20H25N5O3S. The first-order chi connectivity index (χ1) is 14.1. The number of thioether (sulfide) groups is 1. The summed E-state index contributed by atoms with van der Waals surface area (Å²) in [5, 5.41) is 10.9. The number of nitrogens with zero attached hydrogens (tertiary/aromatic N) is 4. The summed E-state index contributed by atoms with van der Waals surface area (Å²) in [6.07, 6.45) is 2.76. The standard InChI is InChI=1S/C20H25N5O3S/c1-3-24-8-10-25(11-9-24)14-16-6-4-15(5-7-16)13-21-23-20-22-19(27)17(29-20)12-18(26)28-2/h4-7,12-13H,3,8-11,14H2,1-2H3,(H,22,23,27)/b17-12+,21-13?. The fourth-order valence-corrected chi connectivity index (χ4v) is 3.76. The van der Waals surface area contributed by atoms with E-state index >= 15 is 0 Å². The van der Waals surface area contributed by atoms with Crippen molar-refractivity contribution in [3.8, 4) is 0 Å². The van der Waals surface area contributed by atoms with Crippen LogP contribution in [0.3, 0.4) is 0 Å². The molecule has 0 bridgehead atoms. The number of hydrogen-bond acceptors (Lipinski definition) is 8. The van der Waals surface area contributed by atoms with Gasteiger partial charge in [-0.3, -0.25) is 15.0 Å². The second-order valence-corrected chi connectivity index (χ2v) is 7.72. The van der Waals surface area contributed by atoms with Crippen LogP contribution in [0.25, 0.3) is 0 Å². The van der Waals surface area contributed by atoms with Crippen molar-refractivity contribution in [2.45, 2.75) is 13.5 Å². The number of amides is 1. The van der Waals surface area contributed by atoms with Gasteiger partial charge in [-0.25, -0.2) is 4.79 Å². The molecule has 1 N–H and O–H groups in total. The summed E-state index contributed by atoms with van der Waals surface area (Å²) in [6, 6.07) is 8.21. The number of hydrogen-bond donors (Lipinski definition) is 1. The Morgan fingerprint density at radius 1 is 1.21 bits per heavy atom. The van der Waals surface area contributed by atoms with Crippen LogP contribution in [0.1, 0.15) is 18.1 Å². The van der Waals surface area contributed by atoms with Crippen LogP contribution in [-0.4, -0.2) is 72.9 Å². The van der Waals surface area contributed by atoms with Crippen molar-refractivity contribution in [2.24, 2.45) is 10.2 Å². The molecule has 154 valence electrons. The molecule has 0 unspecified atom stereocenters. The minimum atomic E-state index is -0.584. The Hall–Kier alpha value is -2.49. The second-order valence-electron chi connectivity index (χ2n) is 6.69. The average Bonchev–Trinajstić information content (AvgIpc) is 3.08. The Bertz CT molecular complexity index is 827.